The van der Waals surface area contributed by atoms with Crippen LogP contribution in [0.3, 0.4) is 0 Å². The first-order chi connectivity index (χ1) is 15.2. The highest BCUT2D eigenvalue weighted by atomic mass is 16.2. The Kier molecular flexibility index (Phi) is 4.76. The van der Waals surface area contributed by atoms with E-state index >= 15 is 0 Å². The van der Waals surface area contributed by atoms with Crippen molar-refractivity contribution in [1.29, 1.82) is 0 Å². The summed E-state index contributed by atoms with van der Waals surface area (Å²) in [5.41, 5.74) is 5.97. The van der Waals surface area contributed by atoms with Gasteiger partial charge in [0.1, 0.15) is 0 Å². The van der Waals surface area contributed by atoms with Gasteiger partial charge in [-0.1, -0.05) is 59.3 Å². The Labute approximate surface area is 178 Å². The fourth-order valence-electron chi connectivity index (χ4n) is 3.53. The Hall–Kier alpha value is -4.26. The molecule has 0 saturated carbocycles. The lowest BCUT2D eigenvalue weighted by molar-refractivity contribution is 0.0938. The Morgan fingerprint density at radius 3 is 2.61 bits per heavy atom. The molecule has 5 rings (SSSR count). The normalized spacial score (nSPS) is 12.0. The molecule has 0 aliphatic heterocycles. The number of nitrogens with one attached hydrogen (secondary N) is 2. The molecule has 7 nitrogen and oxygen atoms in total. The van der Waals surface area contributed by atoms with Crippen molar-refractivity contribution in [2.75, 3.05) is 0 Å². The first-order valence-corrected chi connectivity index (χ1v) is 9.95. The van der Waals surface area contributed by atoms with Gasteiger partial charge in [-0.15, -0.1) is 5.10 Å². The Bertz CT molecular complexity index is 1340. The minimum atomic E-state index is -0.342. The number of hydrogen-bond donors (Lipinski definition) is 2. The number of fused-ring (bicyclic) bond motifs is 1. The van der Waals surface area contributed by atoms with Crippen molar-refractivity contribution in [3.8, 4) is 5.69 Å². The molecule has 3 aromatic carbocycles. The number of nitrogens with zero attached hydrogens (tertiary/aromatic N) is 4. The maximum Gasteiger partial charge on any atom is 0.274 e. The second-order valence-corrected chi connectivity index (χ2v) is 7.38. The minimum absolute atomic E-state index is 0.254. The molecule has 0 radical (unpaired) electrons. The van der Waals surface area contributed by atoms with Gasteiger partial charge in [0.25, 0.3) is 5.91 Å². The molecular formula is C24H20N6O. The first-order valence-electron chi connectivity index (χ1n) is 9.95. The number of aryl methyl sites for hydroxylation is 1. The quantitative estimate of drug-likeness (QED) is 0.461. The summed E-state index contributed by atoms with van der Waals surface area (Å²) in [6.07, 6.45) is 3.30. The standard InChI is InChI=1S/C24H20N6O/c1-16-7-10-19(11-8-16)30-14-22(28-29-30)24(31)27-23(17-5-3-2-4-6-17)18-9-12-20-21(13-18)26-15-25-20/h2-15,23H,1H3,(H,25,26)(H,27,31). The fourth-order valence-corrected chi connectivity index (χ4v) is 3.53. The molecule has 2 aromatic heterocycles. The van der Waals surface area contributed by atoms with Crippen LogP contribution in [0.4, 0.5) is 0 Å². The van der Waals surface area contributed by atoms with Crippen LogP contribution in [0.5, 0.6) is 0 Å². The van der Waals surface area contributed by atoms with Crippen molar-refractivity contribution in [3.05, 3.63) is 108 Å². The van der Waals surface area contributed by atoms with E-state index in [2.05, 4.69) is 25.6 Å². The molecule has 0 bridgehead atoms. The van der Waals surface area contributed by atoms with Gasteiger partial charge in [-0.05, 0) is 42.3 Å². The van der Waals surface area contributed by atoms with Crippen LogP contribution in [-0.2, 0) is 0 Å². The van der Waals surface area contributed by atoms with Crippen LogP contribution >= 0.6 is 0 Å². The average Bonchev–Trinajstić information content (AvgIpc) is 3.48. The summed E-state index contributed by atoms with van der Waals surface area (Å²) in [6, 6.07) is 23.3. The van der Waals surface area contributed by atoms with Crippen LogP contribution in [0.15, 0.2) is 85.3 Å². The van der Waals surface area contributed by atoms with Crippen LogP contribution in [0.2, 0.25) is 0 Å². The van der Waals surface area contributed by atoms with Crippen LogP contribution in [0.25, 0.3) is 16.7 Å². The molecular weight excluding hydrogens is 388 g/mol. The van der Waals surface area contributed by atoms with Crippen molar-refractivity contribution >= 4 is 16.9 Å². The first kappa shape index (κ1) is 18.7. The molecule has 0 aliphatic rings. The molecule has 31 heavy (non-hydrogen) atoms. The van der Waals surface area contributed by atoms with E-state index in [1.807, 2.05) is 79.7 Å². The van der Waals surface area contributed by atoms with E-state index < -0.39 is 0 Å². The van der Waals surface area contributed by atoms with E-state index in [1.165, 1.54) is 0 Å². The highest BCUT2D eigenvalue weighted by Crippen LogP contribution is 2.25. The number of carbonyl (C=O) groups is 1. The summed E-state index contributed by atoms with van der Waals surface area (Å²) >= 11 is 0. The Morgan fingerprint density at radius 1 is 1.00 bits per heavy atom. The number of aromatic nitrogens is 5. The molecule has 2 heterocycles. The summed E-state index contributed by atoms with van der Waals surface area (Å²) < 4.78 is 1.60. The highest BCUT2D eigenvalue weighted by Gasteiger charge is 2.20. The summed E-state index contributed by atoms with van der Waals surface area (Å²) in [4.78, 5) is 20.5. The minimum Gasteiger partial charge on any atom is -0.345 e. The lowest BCUT2D eigenvalue weighted by atomic mass is 9.98. The van der Waals surface area contributed by atoms with E-state index in [1.54, 1.807) is 17.2 Å². The summed E-state index contributed by atoms with van der Waals surface area (Å²) in [6.45, 7) is 2.02. The van der Waals surface area contributed by atoms with Gasteiger partial charge in [0.2, 0.25) is 0 Å². The average molecular weight is 408 g/mol. The number of amides is 1. The summed E-state index contributed by atoms with van der Waals surface area (Å²) in [5.74, 6) is -0.295. The number of H-pyrrole nitrogens is 1. The van der Waals surface area contributed by atoms with E-state index in [0.29, 0.717) is 0 Å². The zero-order chi connectivity index (χ0) is 21.2. The molecule has 7 heteroatoms. The number of benzene rings is 3. The predicted octanol–water partition coefficient (Wildman–Crippen LogP) is 3.97. The predicted molar refractivity (Wildman–Crippen MR) is 118 cm³/mol. The van der Waals surface area contributed by atoms with Crippen molar-refractivity contribution in [1.82, 2.24) is 30.3 Å². The van der Waals surface area contributed by atoms with E-state index in [9.17, 15) is 4.79 Å². The lowest BCUT2D eigenvalue weighted by Crippen LogP contribution is -2.29. The summed E-state index contributed by atoms with van der Waals surface area (Å²) in [5, 5.41) is 11.3. The smallest absolute Gasteiger partial charge is 0.274 e. The number of carbonyl (C=O) groups excluding carboxylic acids is 1. The Morgan fingerprint density at radius 2 is 1.81 bits per heavy atom. The van der Waals surface area contributed by atoms with Crippen LogP contribution in [-0.4, -0.2) is 30.9 Å². The largest absolute Gasteiger partial charge is 0.345 e. The SMILES string of the molecule is Cc1ccc(-n2cc(C(=O)NC(c3ccccc3)c3ccc4nc[nH]c4c3)nn2)cc1. The third-order valence-corrected chi connectivity index (χ3v) is 5.21. The number of imidazole rings is 1. The van der Waals surface area contributed by atoms with Gasteiger partial charge >= 0.3 is 0 Å². The third-order valence-electron chi connectivity index (χ3n) is 5.21. The van der Waals surface area contributed by atoms with Crippen molar-refractivity contribution in [3.63, 3.8) is 0 Å². The van der Waals surface area contributed by atoms with E-state index in [-0.39, 0.29) is 17.6 Å². The molecule has 1 atom stereocenters. The van der Waals surface area contributed by atoms with E-state index in [4.69, 9.17) is 0 Å². The van der Waals surface area contributed by atoms with Crippen molar-refractivity contribution in [2.24, 2.45) is 0 Å². The van der Waals surface area contributed by atoms with Gasteiger partial charge in [-0.3, -0.25) is 4.79 Å². The molecule has 1 amide bonds. The zero-order valence-electron chi connectivity index (χ0n) is 16.9. The molecule has 5 aromatic rings. The molecule has 0 saturated heterocycles. The van der Waals surface area contributed by atoms with Crippen molar-refractivity contribution in [2.45, 2.75) is 13.0 Å². The molecule has 152 valence electrons. The molecule has 0 aliphatic carbocycles. The Balaban J connectivity index is 1.45. The van der Waals surface area contributed by atoms with Gasteiger partial charge in [0.05, 0.1) is 35.3 Å². The van der Waals surface area contributed by atoms with Gasteiger partial charge in [-0.2, -0.15) is 0 Å². The topological polar surface area (TPSA) is 88.5 Å². The van der Waals surface area contributed by atoms with E-state index in [0.717, 1.165) is 33.4 Å². The van der Waals surface area contributed by atoms with Gasteiger partial charge < -0.3 is 10.3 Å². The number of rotatable bonds is 5. The molecule has 2 N–H and O–H groups in total. The van der Waals surface area contributed by atoms with Crippen LogP contribution < -0.4 is 5.32 Å². The van der Waals surface area contributed by atoms with Gasteiger partial charge in [0, 0.05) is 0 Å². The highest BCUT2D eigenvalue weighted by molar-refractivity contribution is 5.92. The lowest BCUT2D eigenvalue weighted by Gasteiger charge is -2.19. The van der Waals surface area contributed by atoms with Crippen LogP contribution in [0.1, 0.15) is 33.2 Å². The van der Waals surface area contributed by atoms with Gasteiger partial charge in [-0.25, -0.2) is 9.67 Å². The summed E-state index contributed by atoms with van der Waals surface area (Å²) in [7, 11) is 0. The zero-order valence-corrected chi connectivity index (χ0v) is 16.9. The molecule has 1 unspecified atom stereocenters. The second-order valence-electron chi connectivity index (χ2n) is 7.38. The van der Waals surface area contributed by atoms with Crippen LogP contribution in [0, 0.1) is 6.92 Å². The third kappa shape index (κ3) is 3.81. The molecule has 0 spiro atoms. The monoisotopic (exact) mass is 408 g/mol. The molecule has 0 fully saturated rings. The number of hydrogen-bond acceptors (Lipinski definition) is 4. The maximum absolute atomic E-state index is 13.1. The fraction of sp³-hybridized carbons (Fsp3) is 0.0833. The number of aromatic amines is 1. The van der Waals surface area contributed by atoms with Crippen molar-refractivity contribution < 1.29 is 4.79 Å². The maximum atomic E-state index is 13.1. The van der Waals surface area contributed by atoms with Gasteiger partial charge in [0.15, 0.2) is 5.69 Å². The second kappa shape index (κ2) is 7.87.